The monoisotopic (exact) mass is 261 g/mol. The summed E-state index contributed by atoms with van der Waals surface area (Å²) in [6, 6.07) is 1.77. The zero-order chi connectivity index (χ0) is 14.3. The molecule has 1 aromatic heterocycles. The summed E-state index contributed by atoms with van der Waals surface area (Å²) in [7, 11) is -0.397. The van der Waals surface area contributed by atoms with Gasteiger partial charge in [0.2, 0.25) is 0 Å². The van der Waals surface area contributed by atoms with Crippen molar-refractivity contribution in [3.05, 3.63) is 23.8 Å². The molecule has 0 aliphatic carbocycles. The molecule has 0 aromatic carbocycles. The van der Waals surface area contributed by atoms with Crippen LogP contribution in [0.4, 0.5) is 11.5 Å². The fourth-order valence-corrected chi connectivity index (χ4v) is 1.79. The maximum Gasteiger partial charge on any atom is 0.487 e. The summed E-state index contributed by atoms with van der Waals surface area (Å²) in [6.45, 7) is 8.04. The van der Waals surface area contributed by atoms with Gasteiger partial charge in [-0.2, -0.15) is 0 Å². The Morgan fingerprint density at radius 1 is 1.16 bits per heavy atom. The van der Waals surface area contributed by atoms with E-state index >= 15 is 0 Å². The van der Waals surface area contributed by atoms with Crippen LogP contribution in [0.15, 0.2) is 18.2 Å². The third-order valence-corrected chi connectivity index (χ3v) is 3.68. The molecule has 0 bridgehead atoms. The molecule has 1 aliphatic rings. The fraction of sp³-hybridized carbons (Fsp3) is 0.462. The summed E-state index contributed by atoms with van der Waals surface area (Å²) in [4.78, 5) is 4.00. The highest BCUT2D eigenvalue weighted by Gasteiger charge is 2.49. The summed E-state index contributed by atoms with van der Waals surface area (Å²) in [6.07, 6.45) is 3.35. The van der Waals surface area contributed by atoms with Crippen LogP contribution < -0.4 is 11.5 Å². The second kappa shape index (κ2) is 4.54. The summed E-state index contributed by atoms with van der Waals surface area (Å²) in [5.74, 6) is 2.26. The van der Waals surface area contributed by atoms with E-state index in [4.69, 9.17) is 20.8 Å². The van der Waals surface area contributed by atoms with Crippen molar-refractivity contribution in [3.63, 3.8) is 0 Å². The predicted molar refractivity (Wildman–Crippen MR) is 78.2 cm³/mol. The van der Waals surface area contributed by atoms with E-state index in [9.17, 15) is 0 Å². The van der Waals surface area contributed by atoms with Crippen LogP contribution in [0.1, 0.15) is 33.3 Å². The summed E-state index contributed by atoms with van der Waals surface area (Å²) >= 11 is 0. The van der Waals surface area contributed by atoms with Crippen LogP contribution in [0.3, 0.4) is 0 Å². The molecule has 0 spiro atoms. The largest absolute Gasteiger partial charge is 0.487 e. The average molecular weight is 261 g/mol. The first-order valence-electron chi connectivity index (χ1n) is 6.26. The van der Waals surface area contributed by atoms with Gasteiger partial charge < -0.3 is 20.8 Å². The van der Waals surface area contributed by atoms with Crippen molar-refractivity contribution < 1.29 is 9.31 Å². The highest BCUT2D eigenvalue weighted by atomic mass is 16.7. The van der Waals surface area contributed by atoms with E-state index < -0.39 is 7.12 Å². The van der Waals surface area contributed by atoms with E-state index in [0.717, 1.165) is 5.56 Å². The lowest BCUT2D eigenvalue weighted by molar-refractivity contribution is 0.00578. The first-order valence-corrected chi connectivity index (χ1v) is 6.26. The number of aromatic nitrogens is 1. The molecule has 4 N–H and O–H groups in total. The van der Waals surface area contributed by atoms with Crippen molar-refractivity contribution in [3.8, 4) is 0 Å². The Balaban J connectivity index is 2.15. The number of anilines is 2. The first kappa shape index (κ1) is 13.9. The minimum Gasteiger partial charge on any atom is -0.400 e. The zero-order valence-corrected chi connectivity index (χ0v) is 11.8. The van der Waals surface area contributed by atoms with Gasteiger partial charge in [0.05, 0.1) is 23.1 Å². The minimum absolute atomic E-state index is 0.346. The lowest BCUT2D eigenvalue weighted by atomic mass is 9.89. The maximum atomic E-state index is 5.85. The summed E-state index contributed by atoms with van der Waals surface area (Å²) < 4.78 is 11.7. The van der Waals surface area contributed by atoms with Crippen LogP contribution >= 0.6 is 0 Å². The number of nitrogens with two attached hydrogens (primary N) is 2. The van der Waals surface area contributed by atoms with Gasteiger partial charge in [-0.15, -0.1) is 0 Å². The standard InChI is InChI=1S/C13H20BN3O2/c1-12(2)13(3,4)19-14(18-12)6-5-9-7-10(15)8-17-11(9)16/h5-8H,15H2,1-4H3,(H2,16,17)/b6-5+. The molecule has 0 radical (unpaired) electrons. The van der Waals surface area contributed by atoms with Crippen molar-refractivity contribution in [1.29, 1.82) is 0 Å². The van der Waals surface area contributed by atoms with Gasteiger partial charge in [0.1, 0.15) is 5.82 Å². The number of nitrogen functional groups attached to an aromatic ring is 2. The molecule has 0 unspecified atom stereocenters. The van der Waals surface area contributed by atoms with E-state index in [1.807, 2.05) is 39.7 Å². The Labute approximate surface area is 114 Å². The third kappa shape index (κ3) is 2.74. The first-order chi connectivity index (χ1) is 8.71. The molecule has 1 aromatic rings. The van der Waals surface area contributed by atoms with Crippen LogP contribution in [0.25, 0.3) is 6.08 Å². The van der Waals surface area contributed by atoms with Gasteiger partial charge in [-0.05, 0) is 33.8 Å². The molecule has 1 fully saturated rings. The van der Waals surface area contributed by atoms with Crippen molar-refractivity contribution in [1.82, 2.24) is 4.98 Å². The highest BCUT2D eigenvalue weighted by molar-refractivity contribution is 6.52. The summed E-state index contributed by atoms with van der Waals surface area (Å²) in [5.41, 5.74) is 12.1. The Morgan fingerprint density at radius 2 is 1.74 bits per heavy atom. The predicted octanol–water partition coefficient (Wildman–Crippen LogP) is 1.89. The molecule has 2 rings (SSSR count). The molecule has 2 heterocycles. The van der Waals surface area contributed by atoms with Crippen molar-refractivity contribution >= 4 is 24.7 Å². The average Bonchev–Trinajstić information content (AvgIpc) is 2.49. The molecule has 0 saturated carbocycles. The number of rotatable bonds is 2. The zero-order valence-electron chi connectivity index (χ0n) is 11.8. The summed E-state index contributed by atoms with van der Waals surface area (Å²) in [5, 5.41) is 0. The molecule has 0 amide bonds. The molecule has 102 valence electrons. The Bertz CT molecular complexity index is 499. The van der Waals surface area contributed by atoms with Gasteiger partial charge in [-0.1, -0.05) is 12.1 Å². The van der Waals surface area contributed by atoms with Crippen LogP contribution in [0.2, 0.25) is 0 Å². The quantitative estimate of drug-likeness (QED) is 0.794. The maximum absolute atomic E-state index is 5.85. The van der Waals surface area contributed by atoms with E-state index in [2.05, 4.69) is 4.98 Å². The van der Waals surface area contributed by atoms with Crippen molar-refractivity contribution in [2.75, 3.05) is 11.5 Å². The Hall–Kier alpha value is -1.53. The Kier molecular flexibility index (Phi) is 3.32. The SMILES string of the molecule is CC1(C)OB(/C=C/c2cc(N)cnc2N)OC1(C)C. The molecular weight excluding hydrogens is 241 g/mol. The van der Waals surface area contributed by atoms with E-state index in [0.29, 0.717) is 11.5 Å². The van der Waals surface area contributed by atoms with Crippen LogP contribution in [-0.2, 0) is 9.31 Å². The minimum atomic E-state index is -0.397. The van der Waals surface area contributed by atoms with Crippen molar-refractivity contribution in [2.45, 2.75) is 38.9 Å². The van der Waals surface area contributed by atoms with Crippen LogP contribution in [0.5, 0.6) is 0 Å². The Morgan fingerprint density at radius 3 is 2.32 bits per heavy atom. The van der Waals surface area contributed by atoms with Gasteiger partial charge in [0, 0.05) is 5.56 Å². The van der Waals surface area contributed by atoms with Crippen molar-refractivity contribution in [2.24, 2.45) is 0 Å². The highest BCUT2D eigenvalue weighted by Crippen LogP contribution is 2.37. The molecule has 1 aliphatic heterocycles. The van der Waals surface area contributed by atoms with E-state index in [1.54, 1.807) is 6.07 Å². The number of hydrogen-bond acceptors (Lipinski definition) is 5. The molecule has 19 heavy (non-hydrogen) atoms. The van der Waals surface area contributed by atoms with Gasteiger partial charge in [0.25, 0.3) is 0 Å². The molecular formula is C13H20BN3O2. The molecule has 5 nitrogen and oxygen atoms in total. The third-order valence-electron chi connectivity index (χ3n) is 3.68. The lowest BCUT2D eigenvalue weighted by Crippen LogP contribution is -2.41. The molecule has 6 heteroatoms. The molecule has 1 saturated heterocycles. The van der Waals surface area contributed by atoms with E-state index in [-0.39, 0.29) is 11.2 Å². The van der Waals surface area contributed by atoms with Gasteiger partial charge in [0.15, 0.2) is 0 Å². The number of hydrogen-bond donors (Lipinski definition) is 2. The lowest BCUT2D eigenvalue weighted by Gasteiger charge is -2.32. The van der Waals surface area contributed by atoms with Gasteiger partial charge in [-0.25, -0.2) is 4.98 Å². The fourth-order valence-electron chi connectivity index (χ4n) is 1.79. The second-order valence-corrected chi connectivity index (χ2v) is 5.73. The topological polar surface area (TPSA) is 83.4 Å². The normalized spacial score (nSPS) is 21.2. The van der Waals surface area contributed by atoms with Crippen LogP contribution in [-0.4, -0.2) is 23.3 Å². The van der Waals surface area contributed by atoms with E-state index in [1.165, 1.54) is 6.20 Å². The van der Waals surface area contributed by atoms with Gasteiger partial charge >= 0.3 is 7.12 Å². The number of nitrogens with zero attached hydrogens (tertiary/aromatic N) is 1. The van der Waals surface area contributed by atoms with Crippen LogP contribution in [0, 0.1) is 0 Å². The second-order valence-electron chi connectivity index (χ2n) is 5.73. The smallest absolute Gasteiger partial charge is 0.400 e. The molecule has 0 atom stereocenters. The van der Waals surface area contributed by atoms with Gasteiger partial charge in [-0.3, -0.25) is 0 Å². The number of pyridine rings is 1.